The maximum atomic E-state index is 15.2. The van der Waals surface area contributed by atoms with E-state index in [-0.39, 0.29) is 17.1 Å². The van der Waals surface area contributed by atoms with Crippen molar-refractivity contribution in [1.82, 2.24) is 25.1 Å². The lowest BCUT2D eigenvalue weighted by Gasteiger charge is -2.23. The molecule has 1 aliphatic heterocycles. The van der Waals surface area contributed by atoms with Crippen LogP contribution >= 0.6 is 0 Å². The van der Waals surface area contributed by atoms with Gasteiger partial charge in [0.25, 0.3) is 11.5 Å². The highest BCUT2D eigenvalue weighted by molar-refractivity contribution is 6.11. The largest absolute Gasteiger partial charge is 0.393 e. The molecule has 43 heavy (non-hydrogen) atoms. The highest BCUT2D eigenvalue weighted by Crippen LogP contribution is 2.21. The number of hydrogen-bond donors (Lipinski definition) is 3. The Morgan fingerprint density at radius 1 is 1.00 bits per heavy atom. The van der Waals surface area contributed by atoms with E-state index < -0.39 is 66.4 Å². The van der Waals surface area contributed by atoms with Gasteiger partial charge in [-0.05, 0) is 42.7 Å². The van der Waals surface area contributed by atoms with Crippen molar-refractivity contribution >= 4 is 29.2 Å². The number of aromatic nitrogens is 2. The number of nitrogen functional groups attached to an aromatic ring is 1. The molecule has 0 spiro atoms. The van der Waals surface area contributed by atoms with Gasteiger partial charge in [-0.2, -0.15) is 8.78 Å². The van der Waals surface area contributed by atoms with E-state index in [1.54, 1.807) is 18.2 Å². The summed E-state index contributed by atoms with van der Waals surface area (Å²) in [5, 5.41) is 4.03. The van der Waals surface area contributed by atoms with Gasteiger partial charge in [0.1, 0.15) is 23.9 Å². The maximum Gasteiger partial charge on any atom is 0.383 e. The van der Waals surface area contributed by atoms with Crippen molar-refractivity contribution in [3.05, 3.63) is 82.5 Å². The van der Waals surface area contributed by atoms with E-state index >= 15 is 8.78 Å². The molecular weight excluding hydrogens is 569 g/mol. The van der Waals surface area contributed by atoms with Crippen molar-refractivity contribution in [2.24, 2.45) is 0 Å². The number of Topliss-reactive ketones (excluding diaryl/α,β-unsaturated/α-hetero) is 1. The third-order valence-corrected chi connectivity index (χ3v) is 6.87. The summed E-state index contributed by atoms with van der Waals surface area (Å²) in [6, 6.07) is 10.9. The van der Waals surface area contributed by atoms with E-state index in [0.717, 1.165) is 35.7 Å². The van der Waals surface area contributed by atoms with Crippen LogP contribution in [0.3, 0.4) is 0 Å². The third kappa shape index (κ3) is 7.45. The molecule has 14 heteroatoms. The second-order valence-corrected chi connectivity index (χ2v) is 9.95. The molecule has 0 saturated carbocycles. The number of amides is 3. The normalized spacial score (nSPS) is 13.8. The quantitative estimate of drug-likeness (QED) is 0.281. The Hall–Kier alpha value is -5.01. The van der Waals surface area contributed by atoms with Gasteiger partial charge >= 0.3 is 5.92 Å². The number of nitrogens with one attached hydrogen (secondary N) is 2. The number of nitrogens with zero attached hydrogens (tertiary/aromatic N) is 3. The second-order valence-electron chi connectivity index (χ2n) is 9.95. The van der Waals surface area contributed by atoms with Crippen molar-refractivity contribution in [1.29, 1.82) is 0 Å². The van der Waals surface area contributed by atoms with Crippen molar-refractivity contribution in [2.75, 3.05) is 25.4 Å². The Morgan fingerprint density at radius 3 is 2.30 bits per heavy atom. The molecule has 1 saturated heterocycles. The minimum Gasteiger partial charge on any atom is -0.393 e. The molecule has 1 aromatic heterocycles. The monoisotopic (exact) mass is 598 g/mol. The van der Waals surface area contributed by atoms with E-state index in [4.69, 9.17) is 5.73 Å². The molecule has 2 aromatic carbocycles. The number of ketones is 1. The van der Waals surface area contributed by atoms with Gasteiger partial charge in [-0.25, -0.2) is 9.37 Å². The summed E-state index contributed by atoms with van der Waals surface area (Å²) in [4.78, 5) is 69.1. The zero-order valence-electron chi connectivity index (χ0n) is 22.9. The summed E-state index contributed by atoms with van der Waals surface area (Å²) in [5.74, 6) is -10.7. The van der Waals surface area contributed by atoms with Gasteiger partial charge in [0.05, 0.1) is 18.8 Å². The van der Waals surface area contributed by atoms with Gasteiger partial charge in [-0.3, -0.25) is 28.5 Å². The molecule has 0 aliphatic carbocycles. The number of anilines is 1. The number of rotatable bonds is 11. The van der Waals surface area contributed by atoms with Gasteiger partial charge in [0.2, 0.25) is 17.6 Å². The molecule has 1 aliphatic rings. The molecule has 3 amide bonds. The first-order chi connectivity index (χ1) is 20.5. The summed E-state index contributed by atoms with van der Waals surface area (Å²) in [6.45, 7) is -0.604. The Bertz CT molecular complexity index is 1560. The average Bonchev–Trinajstić information content (AvgIpc) is 3.54. The number of halogens is 3. The van der Waals surface area contributed by atoms with Crippen LogP contribution in [0.25, 0.3) is 11.4 Å². The number of carbonyl (C=O) groups is 4. The number of nitrogens with two attached hydrogens (primary N) is 1. The van der Waals surface area contributed by atoms with E-state index in [0.29, 0.717) is 18.7 Å². The maximum absolute atomic E-state index is 15.2. The molecule has 1 atom stereocenters. The molecule has 11 nitrogen and oxygen atoms in total. The Balaban J connectivity index is 1.55. The molecule has 0 radical (unpaired) electrons. The standard InChI is InChI=1S/C29H29F3N6O5/c30-20-10-8-19(9-11-20)26-34-15-21(33)27(42)38(26)17-23(39)36-22(14-18-6-2-1-3-7-18)25(41)29(31,32)28(43)35-16-24(40)37-12-4-5-13-37/h1-3,6-11,15,22H,4-5,12-14,16-17,33H2,(H,35,43)(H,36,39). The van der Waals surface area contributed by atoms with Crippen LogP contribution in [-0.4, -0.2) is 69.6 Å². The summed E-state index contributed by atoms with van der Waals surface area (Å²) in [6.07, 6.45) is 2.18. The summed E-state index contributed by atoms with van der Waals surface area (Å²) in [7, 11) is 0. The molecule has 1 unspecified atom stereocenters. The molecule has 3 aromatic rings. The van der Waals surface area contributed by atoms with Crippen LogP contribution in [0, 0.1) is 5.82 Å². The highest BCUT2D eigenvalue weighted by atomic mass is 19.3. The van der Waals surface area contributed by atoms with Crippen molar-refractivity contribution in [3.63, 3.8) is 0 Å². The molecule has 4 N–H and O–H groups in total. The second kappa shape index (κ2) is 13.3. The van der Waals surface area contributed by atoms with E-state index in [9.17, 15) is 28.4 Å². The lowest BCUT2D eigenvalue weighted by Crippen LogP contribution is -2.56. The zero-order valence-corrected chi connectivity index (χ0v) is 22.9. The number of likely N-dealkylation sites (tertiary alicyclic amines) is 1. The van der Waals surface area contributed by atoms with Gasteiger partial charge in [-0.15, -0.1) is 0 Å². The average molecular weight is 599 g/mol. The smallest absolute Gasteiger partial charge is 0.383 e. The first kappa shape index (κ1) is 30.9. The van der Waals surface area contributed by atoms with Crippen LogP contribution in [-0.2, 0) is 32.1 Å². The fourth-order valence-electron chi connectivity index (χ4n) is 4.60. The van der Waals surface area contributed by atoms with Gasteiger partial charge in [0, 0.05) is 25.1 Å². The molecule has 0 bridgehead atoms. The van der Waals surface area contributed by atoms with Crippen LogP contribution in [0.1, 0.15) is 18.4 Å². The van der Waals surface area contributed by atoms with Crippen LogP contribution in [0.2, 0.25) is 0 Å². The fraction of sp³-hybridized carbons (Fsp3) is 0.310. The Morgan fingerprint density at radius 2 is 1.65 bits per heavy atom. The number of hydrogen-bond acceptors (Lipinski definition) is 7. The van der Waals surface area contributed by atoms with Crippen molar-refractivity contribution in [3.8, 4) is 11.4 Å². The molecular formula is C29H29F3N6O5. The predicted molar refractivity (Wildman–Crippen MR) is 149 cm³/mol. The van der Waals surface area contributed by atoms with Crippen molar-refractivity contribution < 1.29 is 32.3 Å². The first-order valence-electron chi connectivity index (χ1n) is 13.4. The topological polar surface area (TPSA) is 156 Å². The van der Waals surface area contributed by atoms with Gasteiger partial charge < -0.3 is 21.3 Å². The Kier molecular flexibility index (Phi) is 9.58. The number of benzene rings is 2. The Labute approximate surface area is 243 Å². The van der Waals surface area contributed by atoms with Crippen LogP contribution in [0.5, 0.6) is 0 Å². The lowest BCUT2D eigenvalue weighted by molar-refractivity contribution is -0.161. The van der Waals surface area contributed by atoms with E-state index in [1.807, 2.05) is 5.32 Å². The highest BCUT2D eigenvalue weighted by Gasteiger charge is 2.50. The number of alkyl halides is 2. The summed E-state index contributed by atoms with van der Waals surface area (Å²) < 4.78 is 44.6. The molecule has 226 valence electrons. The summed E-state index contributed by atoms with van der Waals surface area (Å²) >= 11 is 0. The molecule has 4 rings (SSSR count). The fourth-order valence-corrected chi connectivity index (χ4v) is 4.60. The number of carbonyl (C=O) groups excluding carboxylic acids is 4. The van der Waals surface area contributed by atoms with E-state index in [1.165, 1.54) is 29.2 Å². The van der Waals surface area contributed by atoms with Crippen molar-refractivity contribution in [2.45, 2.75) is 37.8 Å². The minimum atomic E-state index is -4.60. The van der Waals surface area contributed by atoms with Crippen LogP contribution in [0.15, 0.2) is 65.6 Å². The molecule has 1 fully saturated rings. The van der Waals surface area contributed by atoms with E-state index in [2.05, 4.69) is 10.3 Å². The molecule has 2 heterocycles. The summed E-state index contributed by atoms with van der Waals surface area (Å²) in [5.41, 5.74) is 5.20. The lowest BCUT2D eigenvalue weighted by atomic mass is 9.98. The van der Waals surface area contributed by atoms with Crippen LogP contribution in [0.4, 0.5) is 18.9 Å². The van der Waals surface area contributed by atoms with Gasteiger partial charge in [-0.1, -0.05) is 30.3 Å². The van der Waals surface area contributed by atoms with Gasteiger partial charge in [0.15, 0.2) is 0 Å². The zero-order chi connectivity index (χ0) is 31.1. The predicted octanol–water partition coefficient (Wildman–Crippen LogP) is 1.30. The minimum absolute atomic E-state index is 0.0623. The SMILES string of the molecule is Nc1cnc(-c2ccc(F)cc2)n(CC(=O)NC(Cc2ccccc2)C(=O)C(F)(F)C(=O)NCC(=O)N2CCCC2)c1=O. The third-order valence-electron chi connectivity index (χ3n) is 6.87. The first-order valence-corrected chi connectivity index (χ1v) is 13.4. The van der Waals surface area contributed by atoms with Crippen LogP contribution < -0.4 is 21.9 Å².